The van der Waals surface area contributed by atoms with Gasteiger partial charge in [0.05, 0.1) is 12.2 Å². The van der Waals surface area contributed by atoms with Gasteiger partial charge in [0.1, 0.15) is 18.0 Å². The van der Waals surface area contributed by atoms with Gasteiger partial charge in [0.15, 0.2) is 0 Å². The van der Waals surface area contributed by atoms with E-state index >= 15 is 0 Å². The van der Waals surface area contributed by atoms with E-state index in [1.165, 1.54) is 0 Å². The minimum absolute atomic E-state index is 0.270. The number of aliphatic hydroxyl groups excluding tert-OH is 3. The number of pyridine rings is 1. The van der Waals surface area contributed by atoms with E-state index < -0.39 is 36.4 Å². The molecule has 2 atom stereocenters. The molecule has 0 aliphatic carbocycles. The van der Waals surface area contributed by atoms with Gasteiger partial charge in [0, 0.05) is 11.8 Å². The molecule has 17 heavy (non-hydrogen) atoms. The largest absolute Gasteiger partial charge is 0.419 e. The number of hydrogen-bond donors (Lipinski definition) is 4. The summed E-state index contributed by atoms with van der Waals surface area (Å²) in [5.74, 6) is -0.716. The normalized spacial score (nSPS) is 15.6. The minimum atomic E-state index is -4.70. The third-order valence-electron chi connectivity index (χ3n) is 2.14. The SMILES string of the molecule is Nc1ncc(C(O)C(O)CO)cc1C(F)(F)F. The number of halogens is 3. The van der Waals surface area contributed by atoms with Crippen molar-refractivity contribution >= 4 is 5.82 Å². The summed E-state index contributed by atoms with van der Waals surface area (Å²) in [6.07, 6.45) is -7.03. The quantitative estimate of drug-likeness (QED) is 0.610. The highest BCUT2D eigenvalue weighted by Crippen LogP contribution is 2.34. The Bertz CT molecular complexity index is 398. The fourth-order valence-corrected chi connectivity index (χ4v) is 1.20. The lowest BCUT2D eigenvalue weighted by molar-refractivity contribution is -0.137. The zero-order valence-corrected chi connectivity index (χ0v) is 8.52. The molecule has 0 amide bonds. The van der Waals surface area contributed by atoms with Gasteiger partial charge < -0.3 is 21.1 Å². The van der Waals surface area contributed by atoms with Crippen LogP contribution in [-0.2, 0) is 6.18 Å². The van der Waals surface area contributed by atoms with E-state index in [1.807, 2.05) is 0 Å². The van der Waals surface area contributed by atoms with E-state index in [9.17, 15) is 18.3 Å². The highest BCUT2D eigenvalue weighted by Gasteiger charge is 2.34. The number of nitrogen functional groups attached to an aromatic ring is 1. The summed E-state index contributed by atoms with van der Waals surface area (Å²) in [6.45, 7) is -0.785. The molecule has 0 saturated carbocycles. The molecule has 0 saturated heterocycles. The van der Waals surface area contributed by atoms with E-state index in [1.54, 1.807) is 0 Å². The first-order valence-corrected chi connectivity index (χ1v) is 4.57. The fourth-order valence-electron chi connectivity index (χ4n) is 1.20. The summed E-state index contributed by atoms with van der Waals surface area (Å²) in [7, 11) is 0. The summed E-state index contributed by atoms with van der Waals surface area (Å²) < 4.78 is 37.4. The van der Waals surface area contributed by atoms with Gasteiger partial charge in [-0.3, -0.25) is 0 Å². The monoisotopic (exact) mass is 252 g/mol. The topological polar surface area (TPSA) is 99.6 Å². The molecule has 1 rings (SSSR count). The number of hydrogen-bond acceptors (Lipinski definition) is 5. The van der Waals surface area contributed by atoms with Gasteiger partial charge in [-0.1, -0.05) is 0 Å². The van der Waals surface area contributed by atoms with Crippen molar-refractivity contribution < 1.29 is 28.5 Å². The van der Waals surface area contributed by atoms with Crippen molar-refractivity contribution in [2.45, 2.75) is 18.4 Å². The molecular formula is C9H11F3N2O3. The molecule has 0 bridgehead atoms. The lowest BCUT2D eigenvalue weighted by atomic mass is 10.0. The van der Waals surface area contributed by atoms with Crippen molar-refractivity contribution in [3.8, 4) is 0 Å². The Morgan fingerprint density at radius 3 is 2.41 bits per heavy atom. The van der Waals surface area contributed by atoms with Gasteiger partial charge >= 0.3 is 6.18 Å². The first-order chi connectivity index (χ1) is 7.77. The maximum absolute atomic E-state index is 12.5. The molecule has 1 heterocycles. The molecule has 0 aromatic carbocycles. The summed E-state index contributed by atoms with van der Waals surface area (Å²) in [5, 5.41) is 27.1. The summed E-state index contributed by atoms with van der Waals surface area (Å²) in [5.41, 5.74) is 3.59. The van der Waals surface area contributed by atoms with Crippen LogP contribution in [0.25, 0.3) is 0 Å². The first-order valence-electron chi connectivity index (χ1n) is 4.57. The van der Waals surface area contributed by atoms with E-state index in [0.717, 1.165) is 6.20 Å². The van der Waals surface area contributed by atoms with E-state index in [2.05, 4.69) is 4.98 Å². The van der Waals surface area contributed by atoms with Crippen LogP contribution in [0, 0.1) is 0 Å². The molecule has 1 aromatic heterocycles. The Hall–Kier alpha value is -1.38. The molecular weight excluding hydrogens is 241 g/mol. The van der Waals surface area contributed by atoms with Gasteiger partial charge in [-0.15, -0.1) is 0 Å². The van der Waals surface area contributed by atoms with Crippen molar-refractivity contribution in [3.05, 3.63) is 23.4 Å². The smallest absolute Gasteiger partial charge is 0.394 e. The van der Waals surface area contributed by atoms with Crippen molar-refractivity contribution in [2.75, 3.05) is 12.3 Å². The van der Waals surface area contributed by atoms with Gasteiger partial charge in [-0.05, 0) is 6.07 Å². The van der Waals surface area contributed by atoms with Crippen molar-refractivity contribution in [3.63, 3.8) is 0 Å². The predicted octanol–water partition coefficient (Wildman–Crippen LogP) is 0.0692. The number of aliphatic hydroxyl groups is 3. The summed E-state index contributed by atoms with van der Waals surface area (Å²) in [4.78, 5) is 3.29. The molecule has 0 fully saturated rings. The Kier molecular flexibility index (Phi) is 3.91. The molecule has 0 aliphatic rings. The fraction of sp³-hybridized carbons (Fsp3) is 0.444. The van der Waals surface area contributed by atoms with Gasteiger partial charge in [-0.2, -0.15) is 13.2 Å². The molecule has 5 nitrogen and oxygen atoms in total. The Balaban J connectivity index is 3.13. The third-order valence-corrected chi connectivity index (χ3v) is 2.14. The second kappa shape index (κ2) is 4.86. The zero-order chi connectivity index (χ0) is 13.2. The molecule has 1 aromatic rings. The van der Waals surface area contributed by atoms with Crippen LogP contribution in [-0.4, -0.2) is 33.0 Å². The van der Waals surface area contributed by atoms with Crippen LogP contribution in [0.2, 0.25) is 0 Å². The average molecular weight is 252 g/mol. The Morgan fingerprint density at radius 1 is 1.35 bits per heavy atom. The molecule has 0 spiro atoms. The predicted molar refractivity (Wildman–Crippen MR) is 51.7 cm³/mol. The van der Waals surface area contributed by atoms with Crippen LogP contribution in [0.5, 0.6) is 0 Å². The molecule has 96 valence electrons. The zero-order valence-electron chi connectivity index (χ0n) is 8.52. The van der Waals surface area contributed by atoms with Crippen LogP contribution in [0.1, 0.15) is 17.2 Å². The number of rotatable bonds is 3. The molecule has 5 N–H and O–H groups in total. The molecule has 0 aliphatic heterocycles. The van der Waals surface area contributed by atoms with E-state index in [4.69, 9.17) is 15.9 Å². The number of anilines is 1. The maximum Gasteiger partial charge on any atom is 0.419 e. The average Bonchev–Trinajstić information content (AvgIpc) is 2.26. The first kappa shape index (κ1) is 13.7. The van der Waals surface area contributed by atoms with Gasteiger partial charge in [0.2, 0.25) is 0 Å². The number of nitrogens with zero attached hydrogens (tertiary/aromatic N) is 1. The number of aromatic nitrogens is 1. The number of nitrogens with two attached hydrogens (primary N) is 1. The summed E-state index contributed by atoms with van der Waals surface area (Å²) >= 11 is 0. The number of alkyl halides is 3. The lowest BCUT2D eigenvalue weighted by Crippen LogP contribution is -2.23. The van der Waals surface area contributed by atoms with E-state index in [0.29, 0.717) is 6.07 Å². The second-order valence-electron chi connectivity index (χ2n) is 3.39. The van der Waals surface area contributed by atoms with E-state index in [-0.39, 0.29) is 5.56 Å². The minimum Gasteiger partial charge on any atom is -0.394 e. The van der Waals surface area contributed by atoms with Crippen molar-refractivity contribution in [1.29, 1.82) is 0 Å². The van der Waals surface area contributed by atoms with Crippen molar-refractivity contribution in [2.24, 2.45) is 0 Å². The van der Waals surface area contributed by atoms with Crippen LogP contribution in [0.15, 0.2) is 12.3 Å². The third kappa shape index (κ3) is 3.05. The highest BCUT2D eigenvalue weighted by molar-refractivity contribution is 5.43. The Labute approximate surface area is 94.3 Å². The van der Waals surface area contributed by atoms with Crippen LogP contribution in [0.3, 0.4) is 0 Å². The maximum atomic E-state index is 12.5. The lowest BCUT2D eigenvalue weighted by Gasteiger charge is -2.17. The van der Waals surface area contributed by atoms with Crippen molar-refractivity contribution in [1.82, 2.24) is 4.98 Å². The van der Waals surface area contributed by atoms with Crippen LogP contribution < -0.4 is 5.73 Å². The Morgan fingerprint density at radius 2 is 1.94 bits per heavy atom. The molecule has 0 radical (unpaired) electrons. The standard InChI is InChI=1S/C9H11F3N2O3/c10-9(11,12)5-1-4(2-14-8(5)13)7(17)6(16)3-15/h1-2,6-7,15-17H,3H2,(H2,13,14). The highest BCUT2D eigenvalue weighted by atomic mass is 19.4. The van der Waals surface area contributed by atoms with Crippen LogP contribution >= 0.6 is 0 Å². The van der Waals surface area contributed by atoms with Crippen LogP contribution in [0.4, 0.5) is 19.0 Å². The second-order valence-corrected chi connectivity index (χ2v) is 3.39. The molecule has 2 unspecified atom stereocenters. The van der Waals surface area contributed by atoms with Gasteiger partial charge in [0.25, 0.3) is 0 Å². The van der Waals surface area contributed by atoms with Gasteiger partial charge in [-0.25, -0.2) is 4.98 Å². The molecule has 8 heteroatoms. The summed E-state index contributed by atoms with van der Waals surface area (Å²) in [6, 6.07) is 0.589.